The van der Waals surface area contributed by atoms with Crippen molar-refractivity contribution in [1.29, 1.82) is 0 Å². The Bertz CT molecular complexity index is 1400. The van der Waals surface area contributed by atoms with E-state index < -0.39 is 0 Å². The van der Waals surface area contributed by atoms with Crippen LogP contribution in [0.15, 0.2) is 77.7 Å². The van der Waals surface area contributed by atoms with Crippen LogP contribution in [0.2, 0.25) is 5.02 Å². The van der Waals surface area contributed by atoms with Crippen molar-refractivity contribution in [3.05, 3.63) is 105 Å². The van der Waals surface area contributed by atoms with E-state index in [1.807, 2.05) is 18.2 Å². The van der Waals surface area contributed by atoms with Gasteiger partial charge in [-0.25, -0.2) is 9.37 Å². The zero-order valence-corrected chi connectivity index (χ0v) is 19.1. The average molecular weight is 477 g/mol. The molecule has 172 valence electrons. The van der Waals surface area contributed by atoms with Crippen molar-refractivity contribution in [3.8, 4) is 0 Å². The zero-order chi connectivity index (χ0) is 23.7. The van der Waals surface area contributed by atoms with Gasteiger partial charge in [-0.05, 0) is 60.2 Å². The van der Waals surface area contributed by atoms with Crippen LogP contribution in [0.25, 0.3) is 11.0 Å². The van der Waals surface area contributed by atoms with Crippen molar-refractivity contribution in [2.45, 2.75) is 6.54 Å². The summed E-state index contributed by atoms with van der Waals surface area (Å²) in [6.45, 7) is 2.43. The fourth-order valence-corrected chi connectivity index (χ4v) is 4.39. The lowest BCUT2D eigenvalue weighted by molar-refractivity contribution is 0.0744. The van der Waals surface area contributed by atoms with Crippen LogP contribution < -0.4 is 10.5 Å². The highest BCUT2D eigenvalue weighted by Gasteiger charge is 2.25. The van der Waals surface area contributed by atoms with E-state index in [4.69, 9.17) is 11.6 Å². The van der Waals surface area contributed by atoms with Crippen LogP contribution in [0.4, 0.5) is 10.1 Å². The number of anilines is 1. The molecular weight excluding hydrogens is 455 g/mol. The minimum Gasteiger partial charge on any atom is -0.368 e. The van der Waals surface area contributed by atoms with Crippen molar-refractivity contribution >= 4 is 34.2 Å². The number of benzene rings is 2. The van der Waals surface area contributed by atoms with Gasteiger partial charge in [0, 0.05) is 48.5 Å². The molecule has 1 amide bonds. The van der Waals surface area contributed by atoms with Gasteiger partial charge in [0.1, 0.15) is 17.0 Å². The maximum atomic E-state index is 13.5. The lowest BCUT2D eigenvalue weighted by Crippen LogP contribution is -2.50. The van der Waals surface area contributed by atoms with E-state index in [1.54, 1.807) is 52.1 Å². The largest absolute Gasteiger partial charge is 0.368 e. The first-order valence-corrected chi connectivity index (χ1v) is 11.4. The topological polar surface area (TPSA) is 58.4 Å². The summed E-state index contributed by atoms with van der Waals surface area (Å²) in [5, 5.41) is 1.34. The number of halogens is 2. The Morgan fingerprint density at radius 3 is 2.38 bits per heavy atom. The summed E-state index contributed by atoms with van der Waals surface area (Å²) in [7, 11) is 0. The minimum absolute atomic E-state index is 0.129. The quantitative estimate of drug-likeness (QED) is 0.443. The Labute approximate surface area is 200 Å². The second-order valence-corrected chi connectivity index (χ2v) is 8.68. The predicted molar refractivity (Wildman–Crippen MR) is 131 cm³/mol. The fraction of sp³-hybridized carbons (Fsp3) is 0.192. The molecule has 0 bridgehead atoms. The zero-order valence-electron chi connectivity index (χ0n) is 18.3. The molecule has 34 heavy (non-hydrogen) atoms. The Morgan fingerprint density at radius 1 is 0.971 bits per heavy atom. The molecule has 1 aliphatic heterocycles. The van der Waals surface area contributed by atoms with E-state index in [-0.39, 0.29) is 29.4 Å². The predicted octanol–water partition coefficient (Wildman–Crippen LogP) is 4.20. The summed E-state index contributed by atoms with van der Waals surface area (Å²) in [5.41, 5.74) is 2.09. The summed E-state index contributed by atoms with van der Waals surface area (Å²) >= 11 is 6.00. The van der Waals surface area contributed by atoms with E-state index in [0.29, 0.717) is 36.8 Å². The Hall–Kier alpha value is -3.71. The SMILES string of the molecule is O=C(c1cc2cccnc2n(Cc2ccc(Cl)cc2)c1=O)N1CCN(c2ccc(F)cc2)CC1. The summed E-state index contributed by atoms with van der Waals surface area (Å²) in [6.07, 6.45) is 1.64. The molecule has 8 heteroatoms. The molecule has 1 saturated heterocycles. The molecule has 0 radical (unpaired) electrons. The second-order valence-electron chi connectivity index (χ2n) is 8.25. The number of hydrogen-bond acceptors (Lipinski definition) is 4. The van der Waals surface area contributed by atoms with Crippen molar-refractivity contribution in [2.24, 2.45) is 0 Å². The van der Waals surface area contributed by atoms with Gasteiger partial charge in [0.2, 0.25) is 0 Å². The Morgan fingerprint density at radius 2 is 1.68 bits per heavy atom. The van der Waals surface area contributed by atoms with Gasteiger partial charge in [-0.2, -0.15) is 0 Å². The number of fused-ring (bicyclic) bond motifs is 1. The van der Waals surface area contributed by atoms with Crippen LogP contribution in [-0.4, -0.2) is 46.5 Å². The number of carbonyl (C=O) groups excluding carboxylic acids is 1. The lowest BCUT2D eigenvalue weighted by atomic mass is 10.1. The molecule has 2 aromatic heterocycles. The number of nitrogens with zero attached hydrogens (tertiary/aromatic N) is 4. The van der Waals surface area contributed by atoms with Crippen molar-refractivity contribution in [2.75, 3.05) is 31.1 Å². The van der Waals surface area contributed by atoms with Crippen LogP contribution in [0.5, 0.6) is 0 Å². The first-order valence-electron chi connectivity index (χ1n) is 11.0. The minimum atomic E-state index is -0.368. The van der Waals surface area contributed by atoms with Gasteiger partial charge >= 0.3 is 0 Å². The van der Waals surface area contributed by atoms with Crippen LogP contribution in [0, 0.1) is 5.82 Å². The molecule has 0 aliphatic carbocycles. The third-order valence-corrected chi connectivity index (χ3v) is 6.34. The highest BCUT2D eigenvalue weighted by Crippen LogP contribution is 2.19. The average Bonchev–Trinajstić information content (AvgIpc) is 2.87. The molecule has 0 N–H and O–H groups in total. The van der Waals surface area contributed by atoms with E-state index in [0.717, 1.165) is 16.6 Å². The normalized spacial score (nSPS) is 13.9. The fourth-order valence-electron chi connectivity index (χ4n) is 4.27. The number of aromatic nitrogens is 2. The molecule has 4 aromatic rings. The number of carbonyl (C=O) groups is 1. The molecule has 0 saturated carbocycles. The van der Waals surface area contributed by atoms with Gasteiger partial charge in [-0.15, -0.1) is 0 Å². The van der Waals surface area contributed by atoms with Gasteiger partial charge in [0.25, 0.3) is 11.5 Å². The van der Waals surface area contributed by atoms with Crippen molar-refractivity contribution in [3.63, 3.8) is 0 Å². The van der Waals surface area contributed by atoms with Gasteiger partial charge in [0.05, 0.1) is 6.54 Å². The molecule has 5 rings (SSSR count). The van der Waals surface area contributed by atoms with Crippen LogP contribution in [0.1, 0.15) is 15.9 Å². The van der Waals surface area contributed by atoms with Gasteiger partial charge in [0.15, 0.2) is 0 Å². The highest BCUT2D eigenvalue weighted by molar-refractivity contribution is 6.30. The van der Waals surface area contributed by atoms with Crippen molar-refractivity contribution < 1.29 is 9.18 Å². The Kier molecular flexibility index (Phi) is 6.02. The summed E-state index contributed by atoms with van der Waals surface area (Å²) < 4.78 is 14.8. The maximum Gasteiger partial charge on any atom is 0.265 e. The third-order valence-electron chi connectivity index (χ3n) is 6.09. The first kappa shape index (κ1) is 22.1. The van der Waals surface area contributed by atoms with E-state index in [9.17, 15) is 14.0 Å². The maximum absolute atomic E-state index is 13.5. The van der Waals surface area contributed by atoms with Crippen LogP contribution in [-0.2, 0) is 6.54 Å². The number of amides is 1. The monoisotopic (exact) mass is 476 g/mol. The third kappa shape index (κ3) is 4.39. The molecule has 2 aromatic carbocycles. The number of rotatable bonds is 4. The summed E-state index contributed by atoms with van der Waals surface area (Å²) in [4.78, 5) is 35.1. The van der Waals surface area contributed by atoms with Gasteiger partial charge in [-0.3, -0.25) is 14.2 Å². The van der Waals surface area contributed by atoms with Crippen LogP contribution >= 0.6 is 11.6 Å². The number of pyridine rings is 2. The molecule has 6 nitrogen and oxygen atoms in total. The molecular formula is C26H22ClFN4O2. The Balaban J connectivity index is 1.42. The van der Waals surface area contributed by atoms with E-state index >= 15 is 0 Å². The molecule has 0 unspecified atom stereocenters. The molecule has 0 spiro atoms. The van der Waals surface area contributed by atoms with Gasteiger partial charge in [-0.1, -0.05) is 23.7 Å². The van der Waals surface area contributed by atoms with E-state index in [1.165, 1.54) is 12.1 Å². The summed E-state index contributed by atoms with van der Waals surface area (Å²) in [5.74, 6) is -0.572. The summed E-state index contributed by atoms with van der Waals surface area (Å²) in [6, 6.07) is 18.9. The molecule has 1 aliphatic rings. The smallest absolute Gasteiger partial charge is 0.265 e. The van der Waals surface area contributed by atoms with E-state index in [2.05, 4.69) is 9.88 Å². The number of hydrogen-bond donors (Lipinski definition) is 0. The lowest BCUT2D eigenvalue weighted by Gasteiger charge is -2.36. The molecule has 1 fully saturated rings. The molecule has 3 heterocycles. The van der Waals surface area contributed by atoms with Gasteiger partial charge < -0.3 is 9.80 Å². The second kappa shape index (κ2) is 9.27. The first-order chi connectivity index (χ1) is 16.5. The molecule has 0 atom stereocenters. The standard InChI is InChI=1S/C26H22ClFN4O2/c27-20-5-3-18(4-6-20)17-32-24-19(2-1-11-29-24)16-23(26(32)34)25(33)31-14-12-30(13-15-31)22-9-7-21(28)8-10-22/h1-11,16H,12-15,17H2. The number of piperazine rings is 1. The van der Waals surface area contributed by atoms with Crippen LogP contribution in [0.3, 0.4) is 0 Å². The van der Waals surface area contributed by atoms with Crippen molar-refractivity contribution in [1.82, 2.24) is 14.5 Å². The highest BCUT2D eigenvalue weighted by atomic mass is 35.5.